The van der Waals surface area contributed by atoms with Crippen LogP contribution in [0.4, 0.5) is 4.79 Å². The second kappa shape index (κ2) is 8.52. The summed E-state index contributed by atoms with van der Waals surface area (Å²) in [7, 11) is 0. The van der Waals surface area contributed by atoms with Crippen molar-refractivity contribution < 1.29 is 9.53 Å². The van der Waals surface area contributed by atoms with Crippen molar-refractivity contribution in [1.82, 2.24) is 15.1 Å². The maximum Gasteiger partial charge on any atom is 0.410 e. The third-order valence-electron chi connectivity index (χ3n) is 5.38. The largest absolute Gasteiger partial charge is 0.444 e. The summed E-state index contributed by atoms with van der Waals surface area (Å²) >= 11 is 0. The summed E-state index contributed by atoms with van der Waals surface area (Å²) in [6.07, 6.45) is 3.92. The van der Waals surface area contributed by atoms with Gasteiger partial charge in [-0.15, -0.1) is 0 Å². The number of piperazine rings is 1. The zero-order chi connectivity index (χ0) is 17.7. The molecule has 0 aromatic heterocycles. The first-order valence-corrected chi connectivity index (χ1v) is 9.70. The predicted octanol–water partition coefficient (Wildman–Crippen LogP) is 2.95. The Balaban J connectivity index is 1.65. The molecule has 1 aliphatic carbocycles. The van der Waals surface area contributed by atoms with Crippen LogP contribution in [0.1, 0.15) is 53.9 Å². The molecule has 1 aliphatic heterocycles. The van der Waals surface area contributed by atoms with E-state index < -0.39 is 5.60 Å². The molecule has 2 atom stereocenters. The number of nitrogens with one attached hydrogen (secondary N) is 1. The summed E-state index contributed by atoms with van der Waals surface area (Å²) in [6, 6.07) is 0.668. The van der Waals surface area contributed by atoms with Crippen molar-refractivity contribution in [2.75, 3.05) is 39.3 Å². The van der Waals surface area contributed by atoms with Crippen molar-refractivity contribution in [3.63, 3.8) is 0 Å². The molecule has 1 heterocycles. The molecular weight excluding hydrogens is 302 g/mol. The third kappa shape index (κ3) is 5.92. The fourth-order valence-corrected chi connectivity index (χ4v) is 3.95. The van der Waals surface area contributed by atoms with Gasteiger partial charge >= 0.3 is 6.09 Å². The summed E-state index contributed by atoms with van der Waals surface area (Å²) in [4.78, 5) is 16.4. The van der Waals surface area contributed by atoms with Gasteiger partial charge in [-0.05, 0) is 45.4 Å². The Morgan fingerprint density at radius 3 is 2.21 bits per heavy atom. The van der Waals surface area contributed by atoms with E-state index in [9.17, 15) is 4.79 Å². The van der Waals surface area contributed by atoms with Gasteiger partial charge in [0.25, 0.3) is 0 Å². The molecule has 5 heteroatoms. The van der Waals surface area contributed by atoms with Crippen LogP contribution in [0.3, 0.4) is 0 Å². The highest BCUT2D eigenvalue weighted by atomic mass is 16.6. The second-order valence-corrected chi connectivity index (χ2v) is 8.67. The Hall–Kier alpha value is -0.810. The Morgan fingerprint density at radius 2 is 1.67 bits per heavy atom. The van der Waals surface area contributed by atoms with E-state index in [0.29, 0.717) is 6.04 Å². The molecule has 2 rings (SSSR count). The SMILES string of the molecule is CC1CCCC(C)C1NCCN1CCN(C(=O)OC(C)(C)C)CC1. The summed E-state index contributed by atoms with van der Waals surface area (Å²) in [5, 5.41) is 3.79. The van der Waals surface area contributed by atoms with Crippen molar-refractivity contribution in [2.45, 2.75) is 65.5 Å². The van der Waals surface area contributed by atoms with Crippen LogP contribution < -0.4 is 5.32 Å². The van der Waals surface area contributed by atoms with Gasteiger partial charge in [0.1, 0.15) is 5.60 Å². The molecule has 2 aliphatic rings. The van der Waals surface area contributed by atoms with Gasteiger partial charge < -0.3 is 15.0 Å². The molecule has 2 unspecified atom stereocenters. The van der Waals surface area contributed by atoms with Crippen LogP contribution in [-0.2, 0) is 4.74 Å². The number of rotatable bonds is 4. The molecule has 1 amide bonds. The minimum atomic E-state index is -0.411. The van der Waals surface area contributed by atoms with E-state index in [1.807, 2.05) is 25.7 Å². The van der Waals surface area contributed by atoms with Crippen LogP contribution in [0.15, 0.2) is 0 Å². The lowest BCUT2D eigenvalue weighted by Gasteiger charge is -2.38. The highest BCUT2D eigenvalue weighted by Gasteiger charge is 2.28. The van der Waals surface area contributed by atoms with Crippen LogP contribution in [0.5, 0.6) is 0 Å². The van der Waals surface area contributed by atoms with E-state index in [-0.39, 0.29) is 6.09 Å². The number of nitrogens with zero attached hydrogens (tertiary/aromatic N) is 2. The number of amides is 1. The fraction of sp³-hybridized carbons (Fsp3) is 0.947. The fourth-order valence-electron chi connectivity index (χ4n) is 3.95. The zero-order valence-electron chi connectivity index (χ0n) is 16.3. The normalized spacial score (nSPS) is 29.5. The van der Waals surface area contributed by atoms with Crippen molar-refractivity contribution >= 4 is 6.09 Å². The predicted molar refractivity (Wildman–Crippen MR) is 98.2 cm³/mol. The van der Waals surface area contributed by atoms with Crippen molar-refractivity contribution in [3.8, 4) is 0 Å². The van der Waals surface area contributed by atoms with Crippen LogP contribution >= 0.6 is 0 Å². The molecule has 0 spiro atoms. The van der Waals surface area contributed by atoms with E-state index >= 15 is 0 Å². The Morgan fingerprint density at radius 1 is 1.08 bits per heavy atom. The highest BCUT2D eigenvalue weighted by molar-refractivity contribution is 5.68. The first-order chi connectivity index (χ1) is 11.3. The van der Waals surface area contributed by atoms with Gasteiger partial charge in [0.15, 0.2) is 0 Å². The van der Waals surface area contributed by atoms with Crippen LogP contribution in [0.25, 0.3) is 0 Å². The van der Waals surface area contributed by atoms with Crippen LogP contribution in [0, 0.1) is 11.8 Å². The first-order valence-electron chi connectivity index (χ1n) is 9.70. The molecule has 1 N–H and O–H groups in total. The molecule has 0 aromatic rings. The minimum Gasteiger partial charge on any atom is -0.444 e. The van der Waals surface area contributed by atoms with E-state index in [0.717, 1.165) is 51.1 Å². The maximum atomic E-state index is 12.1. The Kier molecular flexibility index (Phi) is 6.93. The molecule has 24 heavy (non-hydrogen) atoms. The van der Waals surface area contributed by atoms with Gasteiger partial charge in [-0.25, -0.2) is 4.79 Å². The lowest BCUT2D eigenvalue weighted by molar-refractivity contribution is 0.0145. The number of hydrogen-bond donors (Lipinski definition) is 1. The molecule has 0 aromatic carbocycles. The van der Waals surface area contributed by atoms with E-state index in [2.05, 4.69) is 24.1 Å². The number of ether oxygens (including phenoxy) is 1. The molecule has 0 radical (unpaired) electrons. The number of hydrogen-bond acceptors (Lipinski definition) is 4. The molecule has 1 saturated carbocycles. The summed E-state index contributed by atoms with van der Waals surface area (Å²) < 4.78 is 5.45. The average molecular weight is 340 g/mol. The van der Waals surface area contributed by atoms with Crippen molar-refractivity contribution in [2.24, 2.45) is 11.8 Å². The highest BCUT2D eigenvalue weighted by Crippen LogP contribution is 2.28. The lowest BCUT2D eigenvalue weighted by atomic mass is 9.79. The number of carbonyl (C=O) groups is 1. The molecule has 0 bridgehead atoms. The van der Waals surface area contributed by atoms with E-state index in [4.69, 9.17) is 4.74 Å². The second-order valence-electron chi connectivity index (χ2n) is 8.67. The standard InChI is InChI=1S/C19H37N3O2/c1-15-7-6-8-16(2)17(15)20-9-10-21-11-13-22(14-12-21)18(23)24-19(3,4)5/h15-17,20H,6-14H2,1-5H3. The topological polar surface area (TPSA) is 44.8 Å². The summed E-state index contributed by atoms with van der Waals surface area (Å²) in [6.45, 7) is 16.0. The van der Waals surface area contributed by atoms with E-state index in [1.54, 1.807) is 0 Å². The van der Waals surface area contributed by atoms with Gasteiger partial charge in [-0.2, -0.15) is 0 Å². The minimum absolute atomic E-state index is 0.176. The molecular formula is C19H37N3O2. The Labute approximate surface area is 148 Å². The van der Waals surface area contributed by atoms with Crippen molar-refractivity contribution in [1.29, 1.82) is 0 Å². The molecule has 1 saturated heterocycles. The molecule has 140 valence electrons. The maximum absolute atomic E-state index is 12.1. The first kappa shape index (κ1) is 19.5. The van der Waals surface area contributed by atoms with Gasteiger partial charge in [-0.3, -0.25) is 4.90 Å². The average Bonchev–Trinajstić information content (AvgIpc) is 2.49. The summed E-state index contributed by atoms with van der Waals surface area (Å²) in [5.74, 6) is 1.58. The quantitative estimate of drug-likeness (QED) is 0.855. The third-order valence-corrected chi connectivity index (χ3v) is 5.38. The van der Waals surface area contributed by atoms with E-state index in [1.165, 1.54) is 19.3 Å². The van der Waals surface area contributed by atoms with Crippen molar-refractivity contribution in [3.05, 3.63) is 0 Å². The zero-order valence-corrected chi connectivity index (χ0v) is 16.3. The lowest BCUT2D eigenvalue weighted by Crippen LogP contribution is -2.52. The van der Waals surface area contributed by atoms with Gasteiger partial charge in [0.2, 0.25) is 0 Å². The van der Waals surface area contributed by atoms with Gasteiger partial charge in [-0.1, -0.05) is 20.3 Å². The Bertz CT molecular complexity index is 390. The van der Waals surface area contributed by atoms with Gasteiger partial charge in [0.05, 0.1) is 0 Å². The summed E-state index contributed by atoms with van der Waals surface area (Å²) in [5.41, 5.74) is -0.411. The van der Waals surface area contributed by atoms with Crippen LogP contribution in [-0.4, -0.2) is 66.8 Å². The number of carbonyl (C=O) groups excluding carboxylic acids is 1. The molecule has 2 fully saturated rings. The monoisotopic (exact) mass is 339 g/mol. The smallest absolute Gasteiger partial charge is 0.410 e. The van der Waals surface area contributed by atoms with Crippen LogP contribution in [0.2, 0.25) is 0 Å². The van der Waals surface area contributed by atoms with Gasteiger partial charge in [0, 0.05) is 45.3 Å². The molecule has 5 nitrogen and oxygen atoms in total.